The molecule has 0 unspecified atom stereocenters. The van der Waals surface area contributed by atoms with Gasteiger partial charge < -0.3 is 10.1 Å². The standard InChI is InChI=1S/C12H12N6O/c13-18-17-12-11-10(15-6-16-12)9(4-14-11)8-2-1-7(3-8)5-19/h1-2,4,6-8,14,19H,3,5H2/t7-,8+/m1/s1. The molecule has 0 aliphatic heterocycles. The Hall–Kier alpha value is -2.37. The van der Waals surface area contributed by atoms with Crippen molar-refractivity contribution in [3.63, 3.8) is 0 Å². The van der Waals surface area contributed by atoms with Crippen molar-refractivity contribution >= 4 is 16.9 Å². The molecule has 2 atom stereocenters. The molecule has 0 spiro atoms. The lowest BCUT2D eigenvalue weighted by Crippen LogP contribution is -2.01. The highest BCUT2D eigenvalue weighted by atomic mass is 16.3. The van der Waals surface area contributed by atoms with E-state index in [-0.39, 0.29) is 18.4 Å². The highest BCUT2D eigenvalue weighted by Gasteiger charge is 2.23. The zero-order valence-corrected chi connectivity index (χ0v) is 10.1. The van der Waals surface area contributed by atoms with Gasteiger partial charge in [0, 0.05) is 35.1 Å². The van der Waals surface area contributed by atoms with Gasteiger partial charge in [-0.25, -0.2) is 9.97 Å². The summed E-state index contributed by atoms with van der Waals surface area (Å²) in [5, 5.41) is 12.7. The fraction of sp³-hybridized carbons (Fsp3) is 0.333. The first-order valence-electron chi connectivity index (χ1n) is 5.99. The minimum atomic E-state index is 0.161. The van der Waals surface area contributed by atoms with E-state index >= 15 is 0 Å². The molecule has 2 aromatic heterocycles. The van der Waals surface area contributed by atoms with Crippen LogP contribution < -0.4 is 0 Å². The smallest absolute Gasteiger partial charge is 0.154 e. The van der Waals surface area contributed by atoms with Crippen molar-refractivity contribution < 1.29 is 5.11 Å². The van der Waals surface area contributed by atoms with Crippen LogP contribution in [-0.2, 0) is 0 Å². The van der Waals surface area contributed by atoms with Gasteiger partial charge in [-0.1, -0.05) is 12.2 Å². The van der Waals surface area contributed by atoms with Crippen LogP contribution in [-0.4, -0.2) is 26.7 Å². The van der Waals surface area contributed by atoms with Gasteiger partial charge in [0.1, 0.15) is 6.33 Å². The zero-order valence-electron chi connectivity index (χ0n) is 10.1. The first kappa shape index (κ1) is 11.7. The number of fused-ring (bicyclic) bond motifs is 1. The minimum absolute atomic E-state index is 0.161. The SMILES string of the molecule is [N-]=[N+]=Nc1ncnc2c([C@H]3C=C[C@@H](CO)C3)c[nH]c12. The molecule has 0 bridgehead atoms. The van der Waals surface area contributed by atoms with Crippen LogP contribution >= 0.6 is 0 Å². The van der Waals surface area contributed by atoms with Crippen molar-refractivity contribution in [3.05, 3.63) is 40.7 Å². The first-order valence-corrected chi connectivity index (χ1v) is 5.99. The Labute approximate surface area is 108 Å². The summed E-state index contributed by atoms with van der Waals surface area (Å²) in [7, 11) is 0. The lowest BCUT2D eigenvalue weighted by atomic mass is 9.97. The average molecular weight is 256 g/mol. The molecule has 0 saturated carbocycles. The summed E-state index contributed by atoms with van der Waals surface area (Å²) < 4.78 is 0. The number of H-pyrrole nitrogens is 1. The highest BCUT2D eigenvalue weighted by Crippen LogP contribution is 2.36. The van der Waals surface area contributed by atoms with Gasteiger partial charge in [-0.05, 0) is 17.1 Å². The Morgan fingerprint density at radius 3 is 3.11 bits per heavy atom. The third-order valence-corrected chi connectivity index (χ3v) is 3.42. The molecular formula is C12H12N6O. The number of nitrogens with zero attached hydrogens (tertiary/aromatic N) is 5. The van der Waals surface area contributed by atoms with Gasteiger partial charge in [0.15, 0.2) is 5.82 Å². The van der Waals surface area contributed by atoms with E-state index < -0.39 is 0 Å². The molecule has 2 aromatic rings. The lowest BCUT2D eigenvalue weighted by molar-refractivity contribution is 0.249. The van der Waals surface area contributed by atoms with Crippen LogP contribution in [0.25, 0.3) is 21.5 Å². The molecule has 0 fully saturated rings. The largest absolute Gasteiger partial charge is 0.396 e. The van der Waals surface area contributed by atoms with Crippen molar-refractivity contribution in [1.82, 2.24) is 15.0 Å². The maximum atomic E-state index is 9.17. The summed E-state index contributed by atoms with van der Waals surface area (Å²) >= 11 is 0. The topological polar surface area (TPSA) is 111 Å². The molecule has 1 aliphatic carbocycles. The molecule has 0 radical (unpaired) electrons. The molecule has 19 heavy (non-hydrogen) atoms. The maximum Gasteiger partial charge on any atom is 0.154 e. The summed E-state index contributed by atoms with van der Waals surface area (Å²) in [4.78, 5) is 14.0. The van der Waals surface area contributed by atoms with E-state index in [0.29, 0.717) is 11.3 Å². The summed E-state index contributed by atoms with van der Waals surface area (Å²) in [6.45, 7) is 0.161. The van der Waals surface area contributed by atoms with E-state index in [1.807, 2.05) is 12.3 Å². The fourth-order valence-electron chi connectivity index (χ4n) is 2.49. The Balaban J connectivity index is 2.05. The normalized spacial score (nSPS) is 21.7. The second-order valence-electron chi connectivity index (χ2n) is 4.52. The van der Waals surface area contributed by atoms with E-state index in [4.69, 9.17) is 10.6 Å². The van der Waals surface area contributed by atoms with Crippen LogP contribution in [0, 0.1) is 5.92 Å². The van der Waals surface area contributed by atoms with E-state index in [0.717, 1.165) is 17.5 Å². The van der Waals surface area contributed by atoms with Gasteiger partial charge in [-0.3, -0.25) is 0 Å². The quantitative estimate of drug-likeness (QED) is 0.381. The summed E-state index contributed by atoms with van der Waals surface area (Å²) in [5.74, 6) is 0.729. The number of aliphatic hydroxyl groups is 1. The predicted octanol–water partition coefficient (Wildman–Crippen LogP) is 2.55. The number of nitrogens with one attached hydrogen (secondary N) is 1. The Bertz CT molecular complexity index is 685. The van der Waals surface area contributed by atoms with Crippen LogP contribution in [0.4, 0.5) is 5.82 Å². The van der Waals surface area contributed by atoms with Gasteiger partial charge in [0.05, 0.1) is 11.0 Å². The van der Waals surface area contributed by atoms with Crippen molar-refractivity contribution in [1.29, 1.82) is 0 Å². The molecule has 96 valence electrons. The molecule has 0 amide bonds. The summed E-state index contributed by atoms with van der Waals surface area (Å²) in [6, 6.07) is 0. The Morgan fingerprint density at radius 1 is 1.47 bits per heavy atom. The van der Waals surface area contributed by atoms with Crippen LogP contribution in [0.15, 0.2) is 29.8 Å². The van der Waals surface area contributed by atoms with Crippen molar-refractivity contribution in [3.8, 4) is 0 Å². The Morgan fingerprint density at radius 2 is 2.37 bits per heavy atom. The number of rotatable bonds is 3. The summed E-state index contributed by atoms with van der Waals surface area (Å²) in [5.41, 5.74) is 11.0. The van der Waals surface area contributed by atoms with Crippen molar-refractivity contribution in [2.24, 2.45) is 11.0 Å². The molecular weight excluding hydrogens is 244 g/mol. The van der Waals surface area contributed by atoms with Crippen molar-refractivity contribution in [2.75, 3.05) is 6.61 Å². The van der Waals surface area contributed by atoms with Gasteiger partial charge in [0.2, 0.25) is 0 Å². The second kappa shape index (κ2) is 4.72. The Kier molecular flexibility index (Phi) is 2.91. The lowest BCUT2D eigenvalue weighted by Gasteiger charge is -2.08. The molecule has 0 saturated heterocycles. The fourth-order valence-corrected chi connectivity index (χ4v) is 2.49. The number of allylic oxidation sites excluding steroid dienone is 1. The predicted molar refractivity (Wildman–Crippen MR) is 69.8 cm³/mol. The third-order valence-electron chi connectivity index (χ3n) is 3.42. The van der Waals surface area contributed by atoms with E-state index in [1.165, 1.54) is 6.33 Å². The monoisotopic (exact) mass is 256 g/mol. The van der Waals surface area contributed by atoms with Gasteiger partial charge in [-0.2, -0.15) is 0 Å². The summed E-state index contributed by atoms with van der Waals surface area (Å²) in [6.07, 6.45) is 8.23. The molecule has 0 aromatic carbocycles. The molecule has 3 rings (SSSR count). The zero-order chi connectivity index (χ0) is 13.2. The van der Waals surface area contributed by atoms with Crippen LogP contribution in [0.1, 0.15) is 17.9 Å². The third kappa shape index (κ3) is 1.95. The highest BCUT2D eigenvalue weighted by molar-refractivity contribution is 5.87. The van der Waals surface area contributed by atoms with Gasteiger partial charge in [0.25, 0.3) is 0 Å². The first-order chi connectivity index (χ1) is 9.33. The molecule has 1 aliphatic rings. The number of aromatic amines is 1. The number of aromatic nitrogens is 3. The van der Waals surface area contributed by atoms with Gasteiger partial charge in [-0.15, -0.1) is 0 Å². The molecule has 2 heterocycles. The van der Waals surface area contributed by atoms with Gasteiger partial charge >= 0.3 is 0 Å². The van der Waals surface area contributed by atoms with E-state index in [2.05, 4.69) is 31.1 Å². The number of aliphatic hydroxyl groups excluding tert-OH is 1. The number of hydrogen-bond donors (Lipinski definition) is 2. The van der Waals surface area contributed by atoms with E-state index in [9.17, 15) is 0 Å². The molecule has 2 N–H and O–H groups in total. The van der Waals surface area contributed by atoms with E-state index in [1.54, 1.807) is 0 Å². The van der Waals surface area contributed by atoms with Crippen LogP contribution in [0.3, 0.4) is 0 Å². The maximum absolute atomic E-state index is 9.17. The van der Waals surface area contributed by atoms with Crippen LogP contribution in [0.5, 0.6) is 0 Å². The molecule has 7 nitrogen and oxygen atoms in total. The van der Waals surface area contributed by atoms with Crippen LogP contribution in [0.2, 0.25) is 0 Å². The minimum Gasteiger partial charge on any atom is -0.396 e. The second-order valence-corrected chi connectivity index (χ2v) is 4.52. The number of azide groups is 1. The van der Waals surface area contributed by atoms with Crippen molar-refractivity contribution in [2.45, 2.75) is 12.3 Å². The average Bonchev–Trinajstić information content (AvgIpc) is 3.05. The molecule has 7 heteroatoms. The number of hydrogen-bond acceptors (Lipinski definition) is 4.